The molecule has 0 bridgehead atoms. The Bertz CT molecular complexity index is 150. The summed E-state index contributed by atoms with van der Waals surface area (Å²) in [4.78, 5) is 21.6. The van der Waals surface area contributed by atoms with E-state index >= 15 is 0 Å². The van der Waals surface area contributed by atoms with Crippen molar-refractivity contribution in [1.29, 1.82) is 0 Å². The van der Waals surface area contributed by atoms with Gasteiger partial charge in [0.25, 0.3) is 0 Å². The topological polar surface area (TPSA) is 104 Å². The molecule has 0 aromatic rings. The van der Waals surface area contributed by atoms with Crippen LogP contribution < -0.4 is 5.73 Å². The molecule has 0 aliphatic heterocycles. The van der Waals surface area contributed by atoms with Crippen molar-refractivity contribution in [3.63, 3.8) is 0 Å². The number of nitrogens with two attached hydrogens (primary N) is 1. The molecule has 0 spiro atoms. The molecule has 0 aromatic heterocycles. The van der Waals surface area contributed by atoms with Crippen LogP contribution in [0.3, 0.4) is 0 Å². The smallest absolute Gasteiger partial charge is 0.328 e. The van der Waals surface area contributed by atoms with Gasteiger partial charge in [-0.2, -0.15) is 0 Å². The fraction of sp³-hybridized carbons (Fsp3) is 1.00. The van der Waals surface area contributed by atoms with E-state index in [2.05, 4.69) is 20.8 Å². The number of hydrogen-bond donors (Lipinski definition) is 4. The first kappa shape index (κ1) is 16.5. The molecule has 5 nitrogen and oxygen atoms in total. The van der Waals surface area contributed by atoms with Gasteiger partial charge in [-0.25, -0.2) is 4.57 Å². The number of phosphoric acid groups is 1. The van der Waals surface area contributed by atoms with Crippen molar-refractivity contribution < 1.29 is 19.2 Å². The minimum Gasteiger partial charge on any atom is -0.328 e. The maximum atomic E-state index is 8.88. The van der Waals surface area contributed by atoms with Gasteiger partial charge in [-0.3, -0.25) is 0 Å². The van der Waals surface area contributed by atoms with Crippen molar-refractivity contribution in [2.24, 2.45) is 11.7 Å². The van der Waals surface area contributed by atoms with E-state index in [0.717, 1.165) is 5.92 Å². The van der Waals surface area contributed by atoms with Gasteiger partial charge in [-0.1, -0.05) is 26.7 Å². The van der Waals surface area contributed by atoms with Crippen molar-refractivity contribution in [2.75, 3.05) is 0 Å². The van der Waals surface area contributed by atoms with E-state index in [4.69, 9.17) is 25.0 Å². The van der Waals surface area contributed by atoms with Crippen molar-refractivity contribution in [3.05, 3.63) is 0 Å². The van der Waals surface area contributed by atoms with Gasteiger partial charge in [0.15, 0.2) is 0 Å². The highest BCUT2D eigenvalue weighted by Gasteiger charge is 2.00. The van der Waals surface area contributed by atoms with E-state index in [1.165, 1.54) is 19.3 Å². The molecular weight excluding hydrogens is 205 g/mol. The van der Waals surface area contributed by atoms with E-state index in [1.807, 2.05) is 0 Å². The maximum Gasteiger partial charge on any atom is 0.466 e. The first-order valence-electron chi connectivity index (χ1n) is 4.66. The Morgan fingerprint density at radius 3 is 1.71 bits per heavy atom. The lowest BCUT2D eigenvalue weighted by atomic mass is 10.0. The third kappa shape index (κ3) is 40.1. The molecule has 14 heavy (non-hydrogen) atoms. The standard InChI is InChI=1S/C8H19N.H3O4P/c1-7(2)5-4-6-8(3)9;1-5(2,3)4/h7-8H,4-6,9H2,1-3H3;(H3,1,2,3,4). The quantitative estimate of drug-likeness (QED) is 0.541. The van der Waals surface area contributed by atoms with E-state index in [9.17, 15) is 0 Å². The summed E-state index contributed by atoms with van der Waals surface area (Å²) in [5.74, 6) is 0.837. The maximum absolute atomic E-state index is 8.88. The van der Waals surface area contributed by atoms with Crippen molar-refractivity contribution >= 4 is 7.82 Å². The molecule has 1 atom stereocenters. The van der Waals surface area contributed by atoms with Crippen molar-refractivity contribution in [1.82, 2.24) is 0 Å². The third-order valence-corrected chi connectivity index (χ3v) is 1.44. The van der Waals surface area contributed by atoms with Crippen LogP contribution in [0, 0.1) is 5.92 Å². The van der Waals surface area contributed by atoms with Crippen molar-refractivity contribution in [2.45, 2.75) is 46.1 Å². The van der Waals surface area contributed by atoms with Gasteiger partial charge >= 0.3 is 7.82 Å². The summed E-state index contributed by atoms with van der Waals surface area (Å²) in [6.45, 7) is 6.57. The second-order valence-electron chi connectivity index (χ2n) is 3.82. The monoisotopic (exact) mass is 227 g/mol. The fourth-order valence-corrected chi connectivity index (χ4v) is 0.848. The lowest BCUT2D eigenvalue weighted by Crippen LogP contribution is -2.14. The molecule has 0 rings (SSSR count). The van der Waals surface area contributed by atoms with Gasteiger partial charge in [0.1, 0.15) is 0 Å². The first-order chi connectivity index (χ1) is 6.13. The second kappa shape index (κ2) is 8.38. The number of rotatable bonds is 4. The molecule has 0 radical (unpaired) electrons. The molecule has 0 saturated heterocycles. The molecule has 88 valence electrons. The molecule has 0 fully saturated rings. The minimum absolute atomic E-state index is 0.392. The Kier molecular flexibility index (Phi) is 9.88. The van der Waals surface area contributed by atoms with E-state index in [-0.39, 0.29) is 0 Å². The Morgan fingerprint density at radius 1 is 1.14 bits per heavy atom. The highest BCUT2D eigenvalue weighted by molar-refractivity contribution is 7.45. The molecule has 0 amide bonds. The molecule has 0 aromatic carbocycles. The summed E-state index contributed by atoms with van der Waals surface area (Å²) in [5, 5.41) is 0. The Morgan fingerprint density at radius 2 is 1.50 bits per heavy atom. The SMILES string of the molecule is CC(C)CCCC(C)N.O=P(O)(O)O. The van der Waals surface area contributed by atoms with Gasteiger partial charge in [0.05, 0.1) is 0 Å². The van der Waals surface area contributed by atoms with Crippen LogP contribution in [0.4, 0.5) is 0 Å². The lowest BCUT2D eigenvalue weighted by Gasteiger charge is -2.05. The highest BCUT2D eigenvalue weighted by Crippen LogP contribution is 2.25. The Hall–Kier alpha value is 0.0700. The van der Waals surface area contributed by atoms with E-state index < -0.39 is 7.82 Å². The molecule has 0 aliphatic carbocycles. The Balaban J connectivity index is 0. The summed E-state index contributed by atoms with van der Waals surface area (Å²) in [6.07, 6.45) is 3.79. The van der Waals surface area contributed by atoms with Gasteiger partial charge in [-0.15, -0.1) is 0 Å². The first-order valence-corrected chi connectivity index (χ1v) is 6.23. The van der Waals surface area contributed by atoms with Crippen LogP contribution in [0.15, 0.2) is 0 Å². The summed E-state index contributed by atoms with van der Waals surface area (Å²) in [7, 11) is -4.64. The van der Waals surface area contributed by atoms with Crippen LogP contribution in [0.1, 0.15) is 40.0 Å². The van der Waals surface area contributed by atoms with Gasteiger partial charge in [0.2, 0.25) is 0 Å². The zero-order valence-corrected chi connectivity index (χ0v) is 9.94. The molecule has 5 N–H and O–H groups in total. The van der Waals surface area contributed by atoms with E-state index in [1.54, 1.807) is 0 Å². The van der Waals surface area contributed by atoms with Gasteiger partial charge in [-0.05, 0) is 19.3 Å². The van der Waals surface area contributed by atoms with Crippen LogP contribution in [-0.2, 0) is 4.57 Å². The van der Waals surface area contributed by atoms with Crippen LogP contribution in [-0.4, -0.2) is 20.7 Å². The molecule has 0 aliphatic rings. The molecule has 0 heterocycles. The Labute approximate surface area is 85.6 Å². The molecule has 1 unspecified atom stereocenters. The summed E-state index contributed by atoms with van der Waals surface area (Å²) in [6, 6.07) is 0.392. The molecular formula is C8H22NO4P. The fourth-order valence-electron chi connectivity index (χ4n) is 0.848. The molecule has 0 saturated carbocycles. The lowest BCUT2D eigenvalue weighted by molar-refractivity contribution is 0.275. The van der Waals surface area contributed by atoms with Gasteiger partial charge < -0.3 is 20.4 Å². The molecule has 6 heteroatoms. The summed E-state index contributed by atoms with van der Waals surface area (Å²) in [5.41, 5.74) is 5.58. The average Bonchev–Trinajstić information content (AvgIpc) is 1.80. The van der Waals surface area contributed by atoms with Crippen LogP contribution in [0.2, 0.25) is 0 Å². The average molecular weight is 227 g/mol. The zero-order chi connectivity index (χ0) is 11.8. The normalized spacial score (nSPS) is 13.4. The zero-order valence-electron chi connectivity index (χ0n) is 9.05. The highest BCUT2D eigenvalue weighted by atomic mass is 31.2. The second-order valence-corrected chi connectivity index (χ2v) is 4.84. The van der Waals surface area contributed by atoms with Crippen LogP contribution in [0.5, 0.6) is 0 Å². The van der Waals surface area contributed by atoms with Crippen LogP contribution in [0.25, 0.3) is 0 Å². The largest absolute Gasteiger partial charge is 0.466 e. The summed E-state index contributed by atoms with van der Waals surface area (Å²) >= 11 is 0. The predicted octanol–water partition coefficient (Wildman–Crippen LogP) is 1.23. The van der Waals surface area contributed by atoms with E-state index in [0.29, 0.717) is 6.04 Å². The van der Waals surface area contributed by atoms with Crippen molar-refractivity contribution in [3.8, 4) is 0 Å². The predicted molar refractivity (Wildman–Crippen MR) is 56.6 cm³/mol. The van der Waals surface area contributed by atoms with Crippen LogP contribution >= 0.6 is 7.82 Å². The summed E-state index contributed by atoms with van der Waals surface area (Å²) < 4.78 is 8.88. The third-order valence-electron chi connectivity index (χ3n) is 1.44. The van der Waals surface area contributed by atoms with Gasteiger partial charge in [0, 0.05) is 6.04 Å². The minimum atomic E-state index is -4.64. The number of hydrogen-bond acceptors (Lipinski definition) is 2.